The zero-order valence-electron chi connectivity index (χ0n) is 12.3. The lowest BCUT2D eigenvalue weighted by Crippen LogP contribution is -2.12. The molecule has 0 radical (unpaired) electrons. The smallest absolute Gasteiger partial charge is 0.365 e. The maximum atomic E-state index is 13.1. The van der Waals surface area contributed by atoms with E-state index in [-0.39, 0.29) is 18.0 Å². The van der Waals surface area contributed by atoms with Crippen molar-refractivity contribution in [2.45, 2.75) is 18.6 Å². The molecule has 3 aromatic rings. The highest BCUT2D eigenvalue weighted by atomic mass is 35.5. The third-order valence-corrected chi connectivity index (χ3v) is 3.65. The Balaban J connectivity index is 1.95. The van der Waals surface area contributed by atoms with Crippen LogP contribution in [0.2, 0.25) is 0 Å². The van der Waals surface area contributed by atoms with Crippen LogP contribution in [0.1, 0.15) is 17.0 Å². The van der Waals surface area contributed by atoms with E-state index in [0.717, 1.165) is 6.07 Å². The van der Waals surface area contributed by atoms with Gasteiger partial charge in [-0.2, -0.15) is 13.2 Å². The molecule has 0 aliphatic rings. The van der Waals surface area contributed by atoms with Crippen molar-refractivity contribution in [2.24, 2.45) is 0 Å². The number of hydrogen-bond acceptors (Lipinski definition) is 4. The molecule has 4 nitrogen and oxygen atoms in total. The van der Waals surface area contributed by atoms with Crippen LogP contribution in [0.25, 0.3) is 11.0 Å². The van der Waals surface area contributed by atoms with E-state index >= 15 is 0 Å². The van der Waals surface area contributed by atoms with Gasteiger partial charge in [-0.3, -0.25) is 0 Å². The maximum Gasteiger partial charge on any atom is 0.416 e. The fourth-order valence-electron chi connectivity index (χ4n) is 2.33. The lowest BCUT2D eigenvalue weighted by Gasteiger charge is -2.14. The van der Waals surface area contributed by atoms with E-state index in [2.05, 4.69) is 20.3 Å². The maximum absolute atomic E-state index is 13.1. The summed E-state index contributed by atoms with van der Waals surface area (Å²) in [5, 5.41) is 3.56. The molecular formula is C16H12ClF3N4. The van der Waals surface area contributed by atoms with Gasteiger partial charge in [-0.15, -0.1) is 11.6 Å². The van der Waals surface area contributed by atoms with Crippen molar-refractivity contribution in [3.05, 3.63) is 59.5 Å². The van der Waals surface area contributed by atoms with Gasteiger partial charge in [0.1, 0.15) is 11.6 Å². The first-order valence-corrected chi connectivity index (χ1v) is 7.59. The first kappa shape index (κ1) is 16.4. The Hall–Kier alpha value is -2.41. The van der Waals surface area contributed by atoms with Gasteiger partial charge < -0.3 is 5.32 Å². The van der Waals surface area contributed by atoms with Gasteiger partial charge in [0, 0.05) is 12.7 Å². The molecule has 124 valence electrons. The van der Waals surface area contributed by atoms with Crippen molar-refractivity contribution in [3.8, 4) is 0 Å². The van der Waals surface area contributed by atoms with Crippen LogP contribution in [-0.2, 0) is 18.6 Å². The molecule has 0 saturated heterocycles. The quantitative estimate of drug-likeness (QED) is 0.707. The summed E-state index contributed by atoms with van der Waals surface area (Å²) in [7, 11) is 0. The number of nitrogens with one attached hydrogen (secondary N) is 1. The normalized spacial score (nSPS) is 11.7. The van der Waals surface area contributed by atoms with Gasteiger partial charge in [0.15, 0.2) is 5.65 Å². The van der Waals surface area contributed by atoms with Crippen molar-refractivity contribution in [1.82, 2.24) is 15.0 Å². The third kappa shape index (κ3) is 3.41. The molecular weight excluding hydrogens is 341 g/mol. The minimum atomic E-state index is -4.41. The number of fused-ring (bicyclic) bond motifs is 1. The molecule has 0 spiro atoms. The highest BCUT2D eigenvalue weighted by molar-refractivity contribution is 6.16. The van der Waals surface area contributed by atoms with Gasteiger partial charge >= 0.3 is 6.18 Å². The van der Waals surface area contributed by atoms with Crippen LogP contribution in [0.4, 0.5) is 19.0 Å². The summed E-state index contributed by atoms with van der Waals surface area (Å²) in [6.07, 6.45) is -2.83. The predicted octanol–water partition coefficient (Wildman–Crippen LogP) is 4.39. The zero-order valence-corrected chi connectivity index (χ0v) is 13.1. The Labute approximate surface area is 140 Å². The number of benzene rings is 1. The Morgan fingerprint density at radius 2 is 1.83 bits per heavy atom. The van der Waals surface area contributed by atoms with Crippen LogP contribution in [0, 0.1) is 0 Å². The summed E-state index contributed by atoms with van der Waals surface area (Å²) < 4.78 is 39.2. The van der Waals surface area contributed by atoms with Crippen molar-refractivity contribution in [3.63, 3.8) is 0 Å². The summed E-state index contributed by atoms with van der Waals surface area (Å²) in [5.74, 6) is 0.843. The second-order valence-electron chi connectivity index (χ2n) is 5.01. The van der Waals surface area contributed by atoms with Crippen LogP contribution in [0.3, 0.4) is 0 Å². The van der Waals surface area contributed by atoms with Gasteiger partial charge in [0.2, 0.25) is 0 Å². The Kier molecular flexibility index (Phi) is 4.53. The lowest BCUT2D eigenvalue weighted by molar-refractivity contribution is -0.138. The third-order valence-electron chi connectivity index (χ3n) is 3.41. The molecule has 1 N–H and O–H groups in total. The number of nitrogens with zero attached hydrogens (tertiary/aromatic N) is 3. The number of rotatable bonds is 4. The standard InChI is InChI=1S/C16H12ClF3N4/c17-8-13-23-14-11(5-3-7-21-14)15(24-13)22-9-10-4-1-2-6-12(10)16(18,19)20/h1-7H,8-9H2,(H,21,22,23,24). The first-order chi connectivity index (χ1) is 11.5. The van der Waals surface area contributed by atoms with E-state index in [1.54, 1.807) is 24.4 Å². The fourth-order valence-corrected chi connectivity index (χ4v) is 2.45. The zero-order chi connectivity index (χ0) is 17.2. The second kappa shape index (κ2) is 6.60. The van der Waals surface area contributed by atoms with Crippen molar-refractivity contribution < 1.29 is 13.2 Å². The number of hydrogen-bond donors (Lipinski definition) is 1. The second-order valence-corrected chi connectivity index (χ2v) is 5.27. The van der Waals surface area contributed by atoms with Crippen LogP contribution >= 0.6 is 11.6 Å². The lowest BCUT2D eigenvalue weighted by atomic mass is 10.1. The Morgan fingerprint density at radius 1 is 1.04 bits per heavy atom. The van der Waals surface area contributed by atoms with E-state index in [0.29, 0.717) is 22.7 Å². The molecule has 3 rings (SSSR count). The molecule has 0 unspecified atom stereocenters. The van der Waals surface area contributed by atoms with E-state index in [1.807, 2.05) is 0 Å². The molecule has 2 aromatic heterocycles. The van der Waals surface area contributed by atoms with Gasteiger partial charge in [0.05, 0.1) is 16.8 Å². The molecule has 0 bridgehead atoms. The fraction of sp³-hybridized carbons (Fsp3) is 0.188. The summed E-state index contributed by atoms with van der Waals surface area (Å²) in [5.41, 5.74) is -0.102. The van der Waals surface area contributed by atoms with Crippen LogP contribution in [-0.4, -0.2) is 15.0 Å². The highest BCUT2D eigenvalue weighted by Gasteiger charge is 2.32. The summed E-state index contributed by atoms with van der Waals surface area (Å²) in [6.45, 7) is -0.0293. The van der Waals surface area contributed by atoms with E-state index < -0.39 is 11.7 Å². The van der Waals surface area contributed by atoms with Crippen LogP contribution in [0.5, 0.6) is 0 Å². The molecule has 0 aliphatic carbocycles. The molecule has 0 saturated carbocycles. The minimum Gasteiger partial charge on any atom is -0.365 e. The summed E-state index contributed by atoms with van der Waals surface area (Å²) >= 11 is 5.77. The van der Waals surface area contributed by atoms with Gasteiger partial charge in [-0.25, -0.2) is 15.0 Å². The average molecular weight is 353 g/mol. The van der Waals surface area contributed by atoms with Crippen molar-refractivity contribution >= 4 is 28.5 Å². The molecule has 8 heteroatoms. The minimum absolute atomic E-state index is 0.0293. The van der Waals surface area contributed by atoms with Crippen LogP contribution < -0.4 is 5.32 Å². The molecule has 2 heterocycles. The number of aromatic nitrogens is 3. The first-order valence-electron chi connectivity index (χ1n) is 7.05. The molecule has 0 aliphatic heterocycles. The van der Waals surface area contributed by atoms with Gasteiger partial charge in [0.25, 0.3) is 0 Å². The number of alkyl halides is 4. The van der Waals surface area contributed by atoms with Crippen molar-refractivity contribution in [2.75, 3.05) is 5.32 Å². The molecule has 1 aromatic carbocycles. The Morgan fingerprint density at radius 3 is 2.58 bits per heavy atom. The molecule has 0 amide bonds. The number of halogens is 4. The largest absolute Gasteiger partial charge is 0.416 e. The number of pyridine rings is 1. The van der Waals surface area contributed by atoms with E-state index in [4.69, 9.17) is 11.6 Å². The van der Waals surface area contributed by atoms with Gasteiger partial charge in [-0.1, -0.05) is 18.2 Å². The van der Waals surface area contributed by atoms with Crippen molar-refractivity contribution in [1.29, 1.82) is 0 Å². The Bertz CT molecular complexity index is 867. The molecule has 0 fully saturated rings. The monoisotopic (exact) mass is 352 g/mol. The van der Waals surface area contributed by atoms with Gasteiger partial charge in [-0.05, 0) is 23.8 Å². The average Bonchev–Trinajstić information content (AvgIpc) is 2.58. The van der Waals surface area contributed by atoms with Crippen LogP contribution in [0.15, 0.2) is 42.6 Å². The molecule has 0 atom stereocenters. The van der Waals surface area contributed by atoms with E-state index in [9.17, 15) is 13.2 Å². The predicted molar refractivity (Wildman–Crippen MR) is 85.7 cm³/mol. The highest BCUT2D eigenvalue weighted by Crippen LogP contribution is 2.32. The number of anilines is 1. The molecule has 24 heavy (non-hydrogen) atoms. The SMILES string of the molecule is FC(F)(F)c1ccccc1CNc1nc(CCl)nc2ncccc12. The summed E-state index contributed by atoms with van der Waals surface area (Å²) in [4.78, 5) is 12.6. The summed E-state index contributed by atoms with van der Waals surface area (Å²) in [6, 6.07) is 8.87. The topological polar surface area (TPSA) is 50.7 Å². The van der Waals surface area contributed by atoms with E-state index in [1.165, 1.54) is 12.1 Å².